The van der Waals surface area contributed by atoms with Crippen LogP contribution in [0.1, 0.15) is 16.3 Å². The molecule has 0 fully saturated rings. The van der Waals surface area contributed by atoms with Crippen LogP contribution in [0, 0.1) is 0 Å². The van der Waals surface area contributed by atoms with Gasteiger partial charge in [-0.05, 0) is 42.5 Å². The first kappa shape index (κ1) is 16.3. The average molecular weight is 391 g/mol. The summed E-state index contributed by atoms with van der Waals surface area (Å²) < 4.78 is 18.8. The molecule has 24 heavy (non-hydrogen) atoms. The maximum atomic E-state index is 11.9. The fraction of sp³-hybridized carbons (Fsp3) is 0.176. The first-order valence-electron chi connectivity index (χ1n) is 7.32. The van der Waals surface area contributed by atoms with E-state index in [1.165, 1.54) is 0 Å². The largest absolute Gasteiger partial charge is 0.490 e. The second kappa shape index (κ2) is 7.83. The van der Waals surface area contributed by atoms with Crippen LogP contribution in [0.25, 0.3) is 0 Å². The number of hydrogen-bond donors (Lipinski definition) is 0. The molecule has 0 bridgehead atoms. The first-order chi connectivity index (χ1) is 11.7. The monoisotopic (exact) mass is 390 g/mol. The maximum absolute atomic E-state index is 11.9. The van der Waals surface area contributed by atoms with Gasteiger partial charge in [-0.2, -0.15) is 5.10 Å². The van der Waals surface area contributed by atoms with E-state index in [1.807, 2.05) is 36.5 Å². The number of halogens is 1. The minimum atomic E-state index is -0.513. The highest BCUT2D eigenvalue weighted by Crippen LogP contribution is 2.16. The van der Waals surface area contributed by atoms with Crippen molar-refractivity contribution in [3.05, 3.63) is 70.9 Å². The number of aromatic nitrogens is 2. The van der Waals surface area contributed by atoms with Gasteiger partial charge in [-0.25, -0.2) is 4.79 Å². The SMILES string of the molecule is O=C(OCCOc1ccc(Br)cc1)c1ccc(Cn2cccn2)o1. The van der Waals surface area contributed by atoms with Crippen LogP contribution in [-0.4, -0.2) is 29.0 Å². The van der Waals surface area contributed by atoms with E-state index in [1.54, 1.807) is 23.0 Å². The first-order valence-corrected chi connectivity index (χ1v) is 8.11. The number of ether oxygens (including phenoxy) is 2. The zero-order valence-electron chi connectivity index (χ0n) is 12.7. The number of benzene rings is 1. The molecule has 0 N–H and O–H groups in total. The van der Waals surface area contributed by atoms with Gasteiger partial charge in [0.05, 0.1) is 6.54 Å². The van der Waals surface area contributed by atoms with E-state index in [9.17, 15) is 4.79 Å². The third kappa shape index (κ3) is 4.48. The summed E-state index contributed by atoms with van der Waals surface area (Å²) in [4.78, 5) is 11.9. The molecule has 2 heterocycles. The van der Waals surface area contributed by atoms with Gasteiger partial charge in [0.2, 0.25) is 5.76 Å². The van der Waals surface area contributed by atoms with Gasteiger partial charge in [0.25, 0.3) is 0 Å². The van der Waals surface area contributed by atoms with Crippen LogP contribution in [-0.2, 0) is 11.3 Å². The zero-order chi connectivity index (χ0) is 16.8. The van der Waals surface area contributed by atoms with E-state index in [0.717, 1.165) is 4.47 Å². The summed E-state index contributed by atoms with van der Waals surface area (Å²) in [5.74, 6) is 1.01. The Morgan fingerprint density at radius 1 is 1.17 bits per heavy atom. The lowest BCUT2D eigenvalue weighted by Crippen LogP contribution is -2.11. The molecule has 0 unspecified atom stereocenters. The molecule has 0 aliphatic carbocycles. The van der Waals surface area contributed by atoms with Crippen molar-refractivity contribution in [1.29, 1.82) is 0 Å². The number of furan rings is 1. The standard InChI is InChI=1S/C17H15BrN2O4/c18-13-2-4-14(5-3-13)22-10-11-23-17(21)16-7-6-15(24-16)12-20-9-1-8-19-20/h1-9H,10-12H2. The molecule has 0 saturated heterocycles. The predicted molar refractivity (Wildman–Crippen MR) is 90.0 cm³/mol. The molecule has 0 aliphatic rings. The summed E-state index contributed by atoms with van der Waals surface area (Å²) in [5, 5.41) is 4.08. The topological polar surface area (TPSA) is 66.5 Å². The molecule has 0 spiro atoms. The van der Waals surface area contributed by atoms with Crippen molar-refractivity contribution in [2.45, 2.75) is 6.54 Å². The molecule has 6 nitrogen and oxygen atoms in total. The van der Waals surface area contributed by atoms with Gasteiger partial charge >= 0.3 is 5.97 Å². The lowest BCUT2D eigenvalue weighted by Gasteiger charge is -2.06. The summed E-state index contributed by atoms with van der Waals surface area (Å²) in [7, 11) is 0. The fourth-order valence-electron chi connectivity index (χ4n) is 2.02. The van der Waals surface area contributed by atoms with Gasteiger partial charge < -0.3 is 13.9 Å². The third-order valence-corrected chi connectivity index (χ3v) is 3.67. The summed E-state index contributed by atoms with van der Waals surface area (Å²) in [6.07, 6.45) is 3.50. The van der Waals surface area contributed by atoms with E-state index >= 15 is 0 Å². The van der Waals surface area contributed by atoms with Gasteiger partial charge in [-0.15, -0.1) is 0 Å². The number of carbonyl (C=O) groups is 1. The van der Waals surface area contributed by atoms with Crippen LogP contribution in [0.3, 0.4) is 0 Å². The fourth-order valence-corrected chi connectivity index (χ4v) is 2.29. The van der Waals surface area contributed by atoms with Gasteiger partial charge in [0, 0.05) is 16.9 Å². The van der Waals surface area contributed by atoms with Crippen molar-refractivity contribution in [2.24, 2.45) is 0 Å². The van der Waals surface area contributed by atoms with Gasteiger partial charge in [-0.1, -0.05) is 15.9 Å². The summed E-state index contributed by atoms with van der Waals surface area (Å²) in [6, 6.07) is 12.6. The molecule has 7 heteroatoms. The van der Waals surface area contributed by atoms with Crippen molar-refractivity contribution < 1.29 is 18.7 Å². The molecule has 0 saturated carbocycles. The molecule has 3 rings (SSSR count). The van der Waals surface area contributed by atoms with Crippen molar-refractivity contribution in [2.75, 3.05) is 13.2 Å². The lowest BCUT2D eigenvalue weighted by molar-refractivity contribution is 0.0413. The van der Waals surface area contributed by atoms with E-state index < -0.39 is 5.97 Å². The summed E-state index contributed by atoms with van der Waals surface area (Å²) in [6.45, 7) is 0.880. The van der Waals surface area contributed by atoms with Crippen molar-refractivity contribution in [3.63, 3.8) is 0 Å². The van der Waals surface area contributed by atoms with E-state index in [0.29, 0.717) is 18.1 Å². The van der Waals surface area contributed by atoms with Gasteiger partial charge in [0.15, 0.2) is 0 Å². The highest BCUT2D eigenvalue weighted by molar-refractivity contribution is 9.10. The Hall–Kier alpha value is -2.54. The van der Waals surface area contributed by atoms with Crippen molar-refractivity contribution in [1.82, 2.24) is 9.78 Å². The van der Waals surface area contributed by atoms with E-state index in [-0.39, 0.29) is 19.0 Å². The Kier molecular flexibility index (Phi) is 5.32. The lowest BCUT2D eigenvalue weighted by atomic mass is 10.3. The molecular formula is C17H15BrN2O4. The number of carbonyl (C=O) groups excluding carboxylic acids is 1. The Morgan fingerprint density at radius 3 is 2.75 bits per heavy atom. The van der Waals surface area contributed by atoms with Gasteiger partial charge in [0.1, 0.15) is 24.7 Å². The Bertz CT molecular complexity index is 781. The smallest absolute Gasteiger partial charge is 0.374 e. The molecule has 3 aromatic rings. The van der Waals surface area contributed by atoms with Crippen LogP contribution >= 0.6 is 15.9 Å². The average Bonchev–Trinajstić information content (AvgIpc) is 3.25. The van der Waals surface area contributed by atoms with Crippen molar-refractivity contribution >= 4 is 21.9 Å². The number of hydrogen-bond acceptors (Lipinski definition) is 5. The predicted octanol–water partition coefficient (Wildman–Crippen LogP) is 3.52. The molecule has 0 radical (unpaired) electrons. The van der Waals surface area contributed by atoms with Crippen LogP contribution in [0.4, 0.5) is 0 Å². The van der Waals surface area contributed by atoms with Crippen molar-refractivity contribution in [3.8, 4) is 5.75 Å². The molecular weight excluding hydrogens is 376 g/mol. The normalized spacial score (nSPS) is 10.5. The number of esters is 1. The highest BCUT2D eigenvalue weighted by atomic mass is 79.9. The molecule has 2 aromatic heterocycles. The maximum Gasteiger partial charge on any atom is 0.374 e. The number of nitrogens with zero attached hydrogens (tertiary/aromatic N) is 2. The Labute approximate surface area is 147 Å². The van der Waals surface area contributed by atoms with Crippen LogP contribution in [0.2, 0.25) is 0 Å². The minimum Gasteiger partial charge on any atom is -0.490 e. The highest BCUT2D eigenvalue weighted by Gasteiger charge is 2.13. The molecule has 1 aromatic carbocycles. The number of rotatable bonds is 7. The summed E-state index contributed by atoms with van der Waals surface area (Å²) in [5.41, 5.74) is 0. The van der Waals surface area contributed by atoms with Crippen LogP contribution < -0.4 is 4.74 Å². The minimum absolute atomic E-state index is 0.143. The molecule has 0 atom stereocenters. The summed E-state index contributed by atoms with van der Waals surface area (Å²) >= 11 is 3.35. The van der Waals surface area contributed by atoms with Gasteiger partial charge in [-0.3, -0.25) is 4.68 Å². The zero-order valence-corrected chi connectivity index (χ0v) is 14.3. The Balaban J connectivity index is 1.43. The van der Waals surface area contributed by atoms with Crippen LogP contribution in [0.15, 0.2) is 63.7 Å². The molecule has 0 amide bonds. The van der Waals surface area contributed by atoms with E-state index in [4.69, 9.17) is 13.9 Å². The second-order valence-corrected chi connectivity index (χ2v) is 5.82. The molecule has 124 valence electrons. The Morgan fingerprint density at radius 2 is 2.00 bits per heavy atom. The quantitative estimate of drug-likeness (QED) is 0.456. The van der Waals surface area contributed by atoms with Crippen LogP contribution in [0.5, 0.6) is 5.75 Å². The molecule has 0 aliphatic heterocycles. The second-order valence-electron chi connectivity index (χ2n) is 4.91. The third-order valence-electron chi connectivity index (χ3n) is 3.14. The van der Waals surface area contributed by atoms with E-state index in [2.05, 4.69) is 21.0 Å².